The molecule has 1 heterocycles. The summed E-state index contributed by atoms with van der Waals surface area (Å²) in [6, 6.07) is 6.58. The lowest BCUT2D eigenvalue weighted by molar-refractivity contribution is -0.00485. The van der Waals surface area contributed by atoms with E-state index in [9.17, 15) is 9.90 Å². The molecule has 1 atom stereocenters. The van der Waals surface area contributed by atoms with E-state index in [4.69, 9.17) is 9.47 Å². The van der Waals surface area contributed by atoms with Crippen LogP contribution in [-0.4, -0.2) is 55.6 Å². The molecule has 1 aliphatic heterocycles. The number of aliphatic hydroxyl groups is 1. The topological polar surface area (TPSA) is 71.0 Å². The number of methoxy groups -OCH3 is 1. The van der Waals surface area contributed by atoms with Gasteiger partial charge < -0.3 is 24.8 Å². The van der Waals surface area contributed by atoms with E-state index in [-0.39, 0.29) is 18.7 Å². The van der Waals surface area contributed by atoms with Crippen LogP contribution >= 0.6 is 0 Å². The zero-order chi connectivity index (χ0) is 13.7. The van der Waals surface area contributed by atoms with Gasteiger partial charge in [-0.2, -0.15) is 0 Å². The highest BCUT2D eigenvalue weighted by Gasteiger charge is 2.26. The summed E-state index contributed by atoms with van der Waals surface area (Å²) in [5, 5.41) is 12.0. The molecular formula is C13H18N2O4. The zero-order valence-corrected chi connectivity index (χ0v) is 10.8. The quantitative estimate of drug-likeness (QED) is 0.853. The van der Waals surface area contributed by atoms with Crippen LogP contribution in [0.15, 0.2) is 24.3 Å². The molecule has 1 aromatic rings. The highest BCUT2D eigenvalue weighted by molar-refractivity contribution is 5.89. The van der Waals surface area contributed by atoms with E-state index in [1.165, 1.54) is 0 Å². The second kappa shape index (κ2) is 6.40. The average molecular weight is 266 g/mol. The minimum absolute atomic E-state index is 0.101. The van der Waals surface area contributed by atoms with E-state index in [1.54, 1.807) is 36.3 Å². The first-order valence-corrected chi connectivity index (χ1v) is 6.15. The molecule has 104 valence electrons. The van der Waals surface area contributed by atoms with Gasteiger partial charge in [0.1, 0.15) is 5.75 Å². The van der Waals surface area contributed by atoms with Crippen LogP contribution < -0.4 is 10.1 Å². The zero-order valence-electron chi connectivity index (χ0n) is 10.8. The van der Waals surface area contributed by atoms with Crippen LogP contribution in [0.4, 0.5) is 10.5 Å². The minimum atomic E-state index is -0.285. The van der Waals surface area contributed by atoms with E-state index in [0.717, 1.165) is 5.75 Å². The fraction of sp³-hybridized carbons (Fsp3) is 0.462. The number of urea groups is 1. The van der Waals surface area contributed by atoms with Crippen LogP contribution in [0.5, 0.6) is 5.75 Å². The molecule has 1 fully saturated rings. The number of nitrogens with zero attached hydrogens (tertiary/aromatic N) is 1. The number of nitrogens with one attached hydrogen (secondary N) is 1. The van der Waals surface area contributed by atoms with Gasteiger partial charge >= 0.3 is 6.03 Å². The molecule has 19 heavy (non-hydrogen) atoms. The van der Waals surface area contributed by atoms with Gasteiger partial charge in [0.15, 0.2) is 0 Å². The van der Waals surface area contributed by atoms with E-state index < -0.39 is 0 Å². The normalized spacial score (nSPS) is 19.1. The van der Waals surface area contributed by atoms with E-state index in [2.05, 4.69) is 5.32 Å². The largest absolute Gasteiger partial charge is 0.497 e. The summed E-state index contributed by atoms with van der Waals surface area (Å²) >= 11 is 0. The first-order valence-electron chi connectivity index (χ1n) is 6.15. The van der Waals surface area contributed by atoms with Crippen molar-refractivity contribution in [3.8, 4) is 5.75 Å². The Labute approximate surface area is 111 Å². The monoisotopic (exact) mass is 266 g/mol. The summed E-state index contributed by atoms with van der Waals surface area (Å²) in [6.45, 7) is 1.24. The maximum absolute atomic E-state index is 12.1. The Morgan fingerprint density at radius 3 is 2.89 bits per heavy atom. The SMILES string of the molecule is COc1ccc(NC(=O)N2CCOCC2CO)cc1. The maximum Gasteiger partial charge on any atom is 0.322 e. The van der Waals surface area contributed by atoms with Crippen molar-refractivity contribution in [3.05, 3.63) is 24.3 Å². The molecule has 0 radical (unpaired) electrons. The first kappa shape index (κ1) is 13.6. The number of hydrogen-bond donors (Lipinski definition) is 2. The Kier molecular flexibility index (Phi) is 4.59. The van der Waals surface area contributed by atoms with Gasteiger partial charge in [0.25, 0.3) is 0 Å². The Balaban J connectivity index is 1.98. The summed E-state index contributed by atoms with van der Waals surface area (Å²) in [5.41, 5.74) is 0.689. The third kappa shape index (κ3) is 3.36. The van der Waals surface area contributed by atoms with Crippen LogP contribution in [-0.2, 0) is 4.74 Å². The summed E-state index contributed by atoms with van der Waals surface area (Å²) in [7, 11) is 1.59. The molecule has 0 aromatic heterocycles. The summed E-state index contributed by atoms with van der Waals surface area (Å²) < 4.78 is 10.3. The number of carbonyl (C=O) groups is 1. The van der Waals surface area contributed by atoms with Gasteiger partial charge in [0.2, 0.25) is 0 Å². The number of amides is 2. The Morgan fingerprint density at radius 2 is 2.26 bits per heavy atom. The molecule has 2 amide bonds. The summed E-state index contributed by atoms with van der Waals surface area (Å²) in [6.07, 6.45) is 0. The van der Waals surface area contributed by atoms with Crippen LogP contribution in [0.3, 0.4) is 0 Å². The van der Waals surface area contributed by atoms with Gasteiger partial charge in [-0.1, -0.05) is 0 Å². The maximum atomic E-state index is 12.1. The van der Waals surface area contributed by atoms with Gasteiger partial charge in [-0.25, -0.2) is 4.79 Å². The number of anilines is 1. The smallest absolute Gasteiger partial charge is 0.322 e. The molecule has 0 bridgehead atoms. The number of rotatable bonds is 3. The fourth-order valence-electron chi connectivity index (χ4n) is 1.94. The predicted molar refractivity (Wildman–Crippen MR) is 70.4 cm³/mol. The Morgan fingerprint density at radius 1 is 1.53 bits per heavy atom. The van der Waals surface area contributed by atoms with Crippen LogP contribution in [0, 0.1) is 0 Å². The molecule has 0 aliphatic carbocycles. The average Bonchev–Trinajstić information content (AvgIpc) is 2.48. The molecule has 1 aliphatic rings. The highest BCUT2D eigenvalue weighted by Crippen LogP contribution is 2.16. The van der Waals surface area contributed by atoms with Crippen molar-refractivity contribution < 1.29 is 19.4 Å². The second-order valence-electron chi connectivity index (χ2n) is 4.26. The Hall–Kier alpha value is -1.79. The van der Waals surface area contributed by atoms with Crippen molar-refractivity contribution in [2.45, 2.75) is 6.04 Å². The van der Waals surface area contributed by atoms with Crippen molar-refractivity contribution in [1.29, 1.82) is 0 Å². The van der Waals surface area contributed by atoms with E-state index in [0.29, 0.717) is 25.4 Å². The standard InChI is InChI=1S/C13H18N2O4/c1-18-12-4-2-10(3-5-12)14-13(17)15-6-7-19-9-11(15)8-16/h2-5,11,16H,6-9H2,1H3,(H,14,17). The number of carbonyl (C=O) groups excluding carboxylic acids is 1. The third-order valence-corrected chi connectivity index (χ3v) is 3.04. The van der Waals surface area contributed by atoms with Crippen LogP contribution in [0.25, 0.3) is 0 Å². The van der Waals surface area contributed by atoms with Crippen LogP contribution in [0.2, 0.25) is 0 Å². The molecule has 1 saturated heterocycles. The van der Waals surface area contributed by atoms with Gasteiger partial charge in [-0.05, 0) is 24.3 Å². The number of aliphatic hydroxyl groups excluding tert-OH is 1. The minimum Gasteiger partial charge on any atom is -0.497 e. The lowest BCUT2D eigenvalue weighted by Crippen LogP contribution is -2.52. The van der Waals surface area contributed by atoms with Gasteiger partial charge in [0.05, 0.1) is 33.0 Å². The molecule has 2 N–H and O–H groups in total. The van der Waals surface area contributed by atoms with Gasteiger partial charge in [-0.15, -0.1) is 0 Å². The lowest BCUT2D eigenvalue weighted by atomic mass is 10.2. The molecule has 2 rings (SSSR count). The van der Waals surface area contributed by atoms with Crippen molar-refractivity contribution in [2.24, 2.45) is 0 Å². The van der Waals surface area contributed by atoms with Crippen LogP contribution in [0.1, 0.15) is 0 Å². The molecule has 0 saturated carbocycles. The predicted octanol–water partition coefficient (Wildman–Crippen LogP) is 0.920. The molecule has 1 unspecified atom stereocenters. The molecule has 6 nitrogen and oxygen atoms in total. The summed E-state index contributed by atoms with van der Waals surface area (Å²) in [4.78, 5) is 13.7. The molecule has 1 aromatic carbocycles. The molecule has 0 spiro atoms. The summed E-state index contributed by atoms with van der Waals surface area (Å²) in [5.74, 6) is 0.734. The molecule has 6 heteroatoms. The van der Waals surface area contributed by atoms with Crippen molar-refractivity contribution in [2.75, 3.05) is 38.8 Å². The van der Waals surface area contributed by atoms with Gasteiger partial charge in [-0.3, -0.25) is 0 Å². The number of hydrogen-bond acceptors (Lipinski definition) is 4. The number of morpholine rings is 1. The number of benzene rings is 1. The van der Waals surface area contributed by atoms with Crippen molar-refractivity contribution in [1.82, 2.24) is 4.90 Å². The highest BCUT2D eigenvalue weighted by atomic mass is 16.5. The van der Waals surface area contributed by atoms with E-state index >= 15 is 0 Å². The second-order valence-corrected chi connectivity index (χ2v) is 4.26. The van der Waals surface area contributed by atoms with Gasteiger partial charge in [0, 0.05) is 12.2 Å². The van der Waals surface area contributed by atoms with Crippen molar-refractivity contribution >= 4 is 11.7 Å². The number of ether oxygens (including phenoxy) is 2. The Bertz CT molecular complexity index is 421. The van der Waals surface area contributed by atoms with Crippen molar-refractivity contribution in [3.63, 3.8) is 0 Å². The third-order valence-electron chi connectivity index (χ3n) is 3.04. The first-order chi connectivity index (χ1) is 9.24. The van der Waals surface area contributed by atoms with E-state index in [1.807, 2.05) is 0 Å². The fourth-order valence-corrected chi connectivity index (χ4v) is 1.94. The molecular weight excluding hydrogens is 248 g/mol. The lowest BCUT2D eigenvalue weighted by Gasteiger charge is -2.34.